The Bertz CT molecular complexity index is 1480. The number of unbranched alkanes of at least 4 members (excludes halogenated alkanes) is 2. The van der Waals surface area contributed by atoms with Crippen molar-refractivity contribution < 1.29 is 17.9 Å². The number of sulfonamides is 1. The Morgan fingerprint density at radius 3 is 2.31 bits per heavy atom. The van der Waals surface area contributed by atoms with Gasteiger partial charge < -0.3 is 4.74 Å². The van der Waals surface area contributed by atoms with Crippen LogP contribution in [0.3, 0.4) is 0 Å². The van der Waals surface area contributed by atoms with Gasteiger partial charge in [0.1, 0.15) is 5.75 Å². The van der Waals surface area contributed by atoms with Crippen molar-refractivity contribution in [3.05, 3.63) is 78.1 Å². The Kier molecular flexibility index (Phi) is 9.66. The summed E-state index contributed by atoms with van der Waals surface area (Å²) in [4.78, 5) is 24.7. The molecule has 4 aromatic rings. The van der Waals surface area contributed by atoms with Gasteiger partial charge in [0.2, 0.25) is 10.0 Å². The molecule has 0 saturated heterocycles. The normalized spacial score (nSPS) is 11.7. The molecule has 10 heteroatoms. The summed E-state index contributed by atoms with van der Waals surface area (Å²) in [7, 11) is -2.05. The second kappa shape index (κ2) is 13.1. The minimum absolute atomic E-state index is 0.189. The highest BCUT2D eigenvalue weighted by Crippen LogP contribution is 2.33. The van der Waals surface area contributed by atoms with Crippen LogP contribution in [0.15, 0.2) is 71.8 Å². The monoisotopic (exact) mass is 566 g/mol. The van der Waals surface area contributed by atoms with Gasteiger partial charge in [0.25, 0.3) is 5.91 Å². The van der Waals surface area contributed by atoms with E-state index in [1.807, 2.05) is 50.2 Å². The number of rotatable bonds is 13. The molecule has 0 spiro atoms. The number of fused-ring (bicyclic) bond motifs is 1. The molecule has 0 aliphatic rings. The zero-order valence-corrected chi connectivity index (χ0v) is 24.2. The molecular weight excluding hydrogens is 532 g/mol. The topological polar surface area (TPSA) is 92.7 Å². The van der Waals surface area contributed by atoms with E-state index < -0.39 is 10.0 Å². The summed E-state index contributed by atoms with van der Waals surface area (Å²) in [6.45, 7) is 5.28. The van der Waals surface area contributed by atoms with Crippen LogP contribution in [0, 0.1) is 0 Å². The predicted octanol–water partition coefficient (Wildman–Crippen LogP) is 6.14. The van der Waals surface area contributed by atoms with Crippen LogP contribution >= 0.6 is 11.3 Å². The van der Waals surface area contributed by atoms with Crippen molar-refractivity contribution in [2.24, 2.45) is 0 Å². The van der Waals surface area contributed by atoms with Gasteiger partial charge in [0, 0.05) is 24.8 Å². The number of amides is 1. The number of benzene rings is 2. The molecule has 1 amide bonds. The van der Waals surface area contributed by atoms with Gasteiger partial charge in [-0.15, -0.1) is 0 Å². The van der Waals surface area contributed by atoms with E-state index in [0.717, 1.165) is 35.9 Å². The summed E-state index contributed by atoms with van der Waals surface area (Å²) in [6.07, 6.45) is 5.11. The van der Waals surface area contributed by atoms with Gasteiger partial charge in [-0.3, -0.25) is 14.7 Å². The summed E-state index contributed by atoms with van der Waals surface area (Å²) >= 11 is 1.39. The lowest BCUT2D eigenvalue weighted by Gasteiger charge is -2.22. The number of pyridine rings is 1. The lowest BCUT2D eigenvalue weighted by molar-refractivity contribution is 0.0984. The molecule has 39 heavy (non-hydrogen) atoms. The van der Waals surface area contributed by atoms with E-state index >= 15 is 0 Å². The van der Waals surface area contributed by atoms with Crippen LogP contribution in [-0.2, 0) is 16.6 Å². The largest absolute Gasteiger partial charge is 0.497 e. The molecule has 0 bridgehead atoms. The third kappa shape index (κ3) is 6.81. The summed E-state index contributed by atoms with van der Waals surface area (Å²) in [5.74, 6) is 0.425. The third-order valence-corrected chi connectivity index (χ3v) is 9.32. The first-order chi connectivity index (χ1) is 18.9. The fourth-order valence-corrected chi connectivity index (χ4v) is 6.62. The fourth-order valence-electron chi connectivity index (χ4n) is 4.11. The number of carbonyl (C=O) groups excluding carboxylic acids is 1. The first kappa shape index (κ1) is 28.7. The number of carbonyl (C=O) groups is 1. The van der Waals surface area contributed by atoms with Crippen LogP contribution in [0.25, 0.3) is 10.2 Å². The van der Waals surface area contributed by atoms with Crippen molar-refractivity contribution in [3.63, 3.8) is 0 Å². The number of anilines is 1. The van der Waals surface area contributed by atoms with Crippen molar-refractivity contribution in [1.82, 2.24) is 14.3 Å². The Hall–Kier alpha value is -3.34. The van der Waals surface area contributed by atoms with Crippen molar-refractivity contribution >= 4 is 42.6 Å². The van der Waals surface area contributed by atoms with Gasteiger partial charge in [-0.05, 0) is 67.4 Å². The standard InChI is InChI=1S/C29H34N4O4S2/c1-4-6-18-32(19-7-5-2)39(35,36)25-14-11-22(12-15-25)28(34)33(21-23-10-8-9-17-30-23)29-31-26-16-13-24(37-3)20-27(26)38-29/h8-17,20H,4-7,18-19,21H2,1-3H3. The highest BCUT2D eigenvalue weighted by Gasteiger charge is 2.26. The summed E-state index contributed by atoms with van der Waals surface area (Å²) < 4.78 is 34.5. The van der Waals surface area contributed by atoms with E-state index in [1.165, 1.54) is 23.5 Å². The molecule has 0 N–H and O–H groups in total. The molecule has 4 rings (SSSR count). The molecule has 2 heterocycles. The lowest BCUT2D eigenvalue weighted by Crippen LogP contribution is -2.33. The number of hydrogen-bond donors (Lipinski definition) is 0. The average molecular weight is 567 g/mol. The molecule has 0 atom stereocenters. The van der Waals surface area contributed by atoms with Crippen molar-refractivity contribution in [3.8, 4) is 5.75 Å². The van der Waals surface area contributed by atoms with E-state index in [-0.39, 0.29) is 17.3 Å². The second-order valence-electron chi connectivity index (χ2n) is 9.18. The van der Waals surface area contributed by atoms with Crippen LogP contribution < -0.4 is 9.64 Å². The maximum absolute atomic E-state index is 13.8. The average Bonchev–Trinajstić information content (AvgIpc) is 3.39. The van der Waals surface area contributed by atoms with Crippen molar-refractivity contribution in [1.29, 1.82) is 0 Å². The van der Waals surface area contributed by atoms with Gasteiger partial charge in [-0.25, -0.2) is 13.4 Å². The quantitative estimate of drug-likeness (QED) is 0.193. The van der Waals surface area contributed by atoms with Crippen LogP contribution in [0.5, 0.6) is 5.75 Å². The van der Waals surface area contributed by atoms with Gasteiger partial charge in [0.05, 0.1) is 34.5 Å². The molecule has 8 nitrogen and oxygen atoms in total. The molecule has 0 fully saturated rings. The van der Waals surface area contributed by atoms with Gasteiger partial charge in [-0.2, -0.15) is 4.31 Å². The number of ether oxygens (including phenoxy) is 1. The van der Waals surface area contributed by atoms with Crippen LogP contribution in [0.1, 0.15) is 55.6 Å². The number of thiazole rings is 1. The van der Waals surface area contributed by atoms with E-state index in [0.29, 0.717) is 35.2 Å². The maximum atomic E-state index is 13.8. The first-order valence-corrected chi connectivity index (χ1v) is 15.4. The Balaban J connectivity index is 1.65. The fraction of sp³-hybridized carbons (Fsp3) is 0.345. The predicted molar refractivity (Wildman–Crippen MR) is 156 cm³/mol. The Morgan fingerprint density at radius 1 is 0.974 bits per heavy atom. The first-order valence-electron chi connectivity index (χ1n) is 13.1. The maximum Gasteiger partial charge on any atom is 0.260 e. The van der Waals surface area contributed by atoms with Gasteiger partial charge in [0.15, 0.2) is 5.13 Å². The number of methoxy groups -OCH3 is 1. The molecule has 0 saturated carbocycles. The molecule has 2 aromatic heterocycles. The van der Waals surface area contributed by atoms with Crippen molar-refractivity contribution in [2.45, 2.75) is 51.0 Å². The minimum Gasteiger partial charge on any atom is -0.497 e. The lowest BCUT2D eigenvalue weighted by atomic mass is 10.2. The van der Waals surface area contributed by atoms with E-state index in [1.54, 1.807) is 34.6 Å². The molecule has 0 unspecified atom stereocenters. The number of aromatic nitrogens is 2. The molecule has 2 aromatic carbocycles. The Morgan fingerprint density at radius 2 is 1.69 bits per heavy atom. The molecule has 0 radical (unpaired) electrons. The summed E-state index contributed by atoms with van der Waals surface area (Å²) in [5, 5.41) is 0.524. The highest BCUT2D eigenvalue weighted by atomic mass is 32.2. The van der Waals surface area contributed by atoms with Crippen LogP contribution in [0.2, 0.25) is 0 Å². The van der Waals surface area contributed by atoms with Crippen molar-refractivity contribution in [2.75, 3.05) is 25.1 Å². The molecule has 0 aliphatic heterocycles. The Labute approximate surface area is 234 Å². The SMILES string of the molecule is CCCCN(CCCC)S(=O)(=O)c1ccc(C(=O)N(Cc2ccccn2)c2nc3ccc(OC)cc3s2)cc1. The summed E-state index contributed by atoms with van der Waals surface area (Å²) in [5.41, 5.74) is 1.84. The van der Waals surface area contributed by atoms with Crippen LogP contribution in [-0.4, -0.2) is 48.8 Å². The zero-order valence-electron chi connectivity index (χ0n) is 22.5. The van der Waals surface area contributed by atoms with Gasteiger partial charge in [-0.1, -0.05) is 44.1 Å². The summed E-state index contributed by atoms with van der Waals surface area (Å²) in [6, 6.07) is 17.3. The second-order valence-corrected chi connectivity index (χ2v) is 12.1. The van der Waals surface area contributed by atoms with Crippen LogP contribution in [0.4, 0.5) is 5.13 Å². The van der Waals surface area contributed by atoms with E-state index in [2.05, 4.69) is 4.98 Å². The number of nitrogens with zero attached hydrogens (tertiary/aromatic N) is 4. The molecule has 0 aliphatic carbocycles. The molecule has 206 valence electrons. The van der Waals surface area contributed by atoms with Gasteiger partial charge >= 0.3 is 0 Å². The van der Waals surface area contributed by atoms with E-state index in [9.17, 15) is 13.2 Å². The third-order valence-electron chi connectivity index (χ3n) is 6.37. The zero-order chi connectivity index (χ0) is 27.8. The van der Waals surface area contributed by atoms with E-state index in [4.69, 9.17) is 9.72 Å². The smallest absolute Gasteiger partial charge is 0.260 e. The number of hydrogen-bond acceptors (Lipinski definition) is 7. The molecular formula is C29H34N4O4S2. The minimum atomic E-state index is -3.66. The highest BCUT2D eigenvalue weighted by molar-refractivity contribution is 7.89.